The Morgan fingerprint density at radius 2 is 1.77 bits per heavy atom. The highest BCUT2D eigenvalue weighted by Gasteiger charge is 2.19. The Kier molecular flexibility index (Phi) is 7.12. The molecule has 0 aliphatic rings. The number of ether oxygens (including phenoxy) is 2. The lowest BCUT2D eigenvalue weighted by Gasteiger charge is -2.24. The first-order valence-corrected chi connectivity index (χ1v) is 9.94. The molecule has 0 saturated heterocycles. The Bertz CT molecular complexity index is 977. The molecule has 1 amide bonds. The number of rotatable bonds is 9. The molecule has 0 N–H and O–H groups in total. The van der Waals surface area contributed by atoms with Crippen molar-refractivity contribution in [1.82, 2.24) is 9.47 Å². The van der Waals surface area contributed by atoms with Crippen molar-refractivity contribution in [2.45, 2.75) is 26.4 Å². The third-order valence-corrected chi connectivity index (χ3v) is 4.90. The van der Waals surface area contributed by atoms with Gasteiger partial charge in [0.15, 0.2) is 0 Å². The van der Waals surface area contributed by atoms with E-state index in [-0.39, 0.29) is 11.7 Å². The highest BCUT2D eigenvalue weighted by Crippen LogP contribution is 2.24. The van der Waals surface area contributed by atoms with Crippen LogP contribution in [-0.2, 0) is 13.1 Å². The summed E-state index contributed by atoms with van der Waals surface area (Å²) in [5, 5.41) is 0. The van der Waals surface area contributed by atoms with E-state index in [2.05, 4.69) is 0 Å². The zero-order valence-corrected chi connectivity index (χ0v) is 17.6. The third-order valence-electron chi connectivity index (χ3n) is 4.90. The maximum atomic E-state index is 13.5. The first-order valence-electron chi connectivity index (χ1n) is 9.94. The van der Waals surface area contributed by atoms with Crippen LogP contribution in [0.1, 0.15) is 35.0 Å². The predicted molar refractivity (Wildman–Crippen MR) is 115 cm³/mol. The van der Waals surface area contributed by atoms with Crippen LogP contribution >= 0.6 is 0 Å². The first-order chi connectivity index (χ1) is 14.5. The van der Waals surface area contributed by atoms with Gasteiger partial charge in [0.1, 0.15) is 17.3 Å². The van der Waals surface area contributed by atoms with Gasteiger partial charge in [0.2, 0.25) is 0 Å². The third kappa shape index (κ3) is 5.20. The van der Waals surface area contributed by atoms with Crippen LogP contribution in [0, 0.1) is 5.82 Å². The van der Waals surface area contributed by atoms with Crippen LogP contribution in [0.5, 0.6) is 11.5 Å². The lowest BCUT2D eigenvalue weighted by molar-refractivity contribution is 0.0739. The molecule has 0 radical (unpaired) electrons. The summed E-state index contributed by atoms with van der Waals surface area (Å²) in [6.45, 7) is 3.65. The molecule has 0 aliphatic carbocycles. The van der Waals surface area contributed by atoms with Crippen molar-refractivity contribution in [2.75, 3.05) is 20.8 Å². The molecule has 158 valence electrons. The normalized spacial score (nSPS) is 10.7. The first kappa shape index (κ1) is 21.4. The van der Waals surface area contributed by atoms with E-state index in [1.54, 1.807) is 38.5 Å². The molecule has 1 aromatic heterocycles. The van der Waals surface area contributed by atoms with E-state index in [0.717, 1.165) is 17.7 Å². The second kappa shape index (κ2) is 9.96. The standard InChI is InChI=1S/C24H27FN2O3/c1-4-10-27(24(28)19-13-22(29-2)15-23(14-19)30-3)17-21-9-6-11-26(21)16-18-7-5-8-20(25)12-18/h5-9,11-15H,4,10,16-17H2,1-3H3. The van der Waals surface area contributed by atoms with E-state index in [1.165, 1.54) is 12.1 Å². The van der Waals surface area contributed by atoms with Crippen molar-refractivity contribution in [3.8, 4) is 11.5 Å². The van der Waals surface area contributed by atoms with Gasteiger partial charge in [-0.2, -0.15) is 0 Å². The van der Waals surface area contributed by atoms with E-state index < -0.39 is 0 Å². The molecule has 3 aromatic rings. The molecule has 3 rings (SSSR count). The lowest BCUT2D eigenvalue weighted by atomic mass is 10.1. The summed E-state index contributed by atoms with van der Waals surface area (Å²) in [6, 6.07) is 15.7. The second-order valence-electron chi connectivity index (χ2n) is 7.09. The zero-order chi connectivity index (χ0) is 21.5. The number of carbonyl (C=O) groups excluding carboxylic acids is 1. The van der Waals surface area contributed by atoms with Crippen LogP contribution in [-0.4, -0.2) is 36.1 Å². The Morgan fingerprint density at radius 3 is 2.40 bits per heavy atom. The molecule has 0 atom stereocenters. The van der Waals surface area contributed by atoms with Gasteiger partial charge >= 0.3 is 0 Å². The van der Waals surface area contributed by atoms with Crippen LogP contribution in [0.15, 0.2) is 60.8 Å². The molecule has 6 heteroatoms. The van der Waals surface area contributed by atoms with E-state index in [1.807, 2.05) is 40.8 Å². The SMILES string of the molecule is CCCN(Cc1cccn1Cc1cccc(F)c1)C(=O)c1cc(OC)cc(OC)c1. The van der Waals surface area contributed by atoms with Crippen molar-refractivity contribution >= 4 is 5.91 Å². The summed E-state index contributed by atoms with van der Waals surface area (Å²) in [5.41, 5.74) is 2.37. The summed E-state index contributed by atoms with van der Waals surface area (Å²) < 4.78 is 26.2. The van der Waals surface area contributed by atoms with Gasteiger partial charge in [-0.05, 0) is 48.4 Å². The van der Waals surface area contributed by atoms with Gasteiger partial charge in [0, 0.05) is 36.6 Å². The van der Waals surface area contributed by atoms with Crippen LogP contribution in [0.25, 0.3) is 0 Å². The van der Waals surface area contributed by atoms with Gasteiger partial charge in [-0.25, -0.2) is 4.39 Å². The van der Waals surface area contributed by atoms with Gasteiger partial charge in [-0.3, -0.25) is 4.79 Å². The van der Waals surface area contributed by atoms with Gasteiger partial charge in [-0.1, -0.05) is 19.1 Å². The molecule has 1 heterocycles. The number of methoxy groups -OCH3 is 2. The molecule has 30 heavy (non-hydrogen) atoms. The number of halogens is 1. The van der Waals surface area contributed by atoms with Gasteiger partial charge in [-0.15, -0.1) is 0 Å². The quantitative estimate of drug-likeness (QED) is 0.512. The maximum Gasteiger partial charge on any atom is 0.254 e. The fraction of sp³-hybridized carbons (Fsp3) is 0.292. The highest BCUT2D eigenvalue weighted by molar-refractivity contribution is 5.95. The van der Waals surface area contributed by atoms with Crippen LogP contribution in [0.2, 0.25) is 0 Å². The van der Waals surface area contributed by atoms with Gasteiger partial charge in [0.25, 0.3) is 5.91 Å². The van der Waals surface area contributed by atoms with E-state index in [9.17, 15) is 9.18 Å². The van der Waals surface area contributed by atoms with E-state index in [4.69, 9.17) is 9.47 Å². The minimum Gasteiger partial charge on any atom is -0.497 e. The maximum absolute atomic E-state index is 13.5. The van der Waals surface area contributed by atoms with E-state index in [0.29, 0.717) is 36.7 Å². The molecule has 0 saturated carbocycles. The summed E-state index contributed by atoms with van der Waals surface area (Å²) in [7, 11) is 3.12. The zero-order valence-electron chi connectivity index (χ0n) is 17.6. The van der Waals surface area contributed by atoms with Crippen molar-refractivity contribution in [3.05, 3.63) is 83.4 Å². The minimum absolute atomic E-state index is 0.0902. The minimum atomic E-state index is -0.254. The predicted octanol–water partition coefficient (Wildman–Crippen LogP) is 4.75. The van der Waals surface area contributed by atoms with Gasteiger partial charge in [0.05, 0.1) is 20.8 Å². The number of aromatic nitrogens is 1. The topological polar surface area (TPSA) is 43.7 Å². The monoisotopic (exact) mass is 410 g/mol. The Hall–Kier alpha value is -3.28. The summed E-state index contributed by atoms with van der Waals surface area (Å²) in [5.74, 6) is 0.802. The Labute approximate surface area is 176 Å². The van der Waals surface area contributed by atoms with E-state index >= 15 is 0 Å². The number of amides is 1. The Balaban J connectivity index is 1.83. The number of hydrogen-bond donors (Lipinski definition) is 0. The largest absolute Gasteiger partial charge is 0.497 e. The van der Waals surface area contributed by atoms with Crippen molar-refractivity contribution in [2.24, 2.45) is 0 Å². The average molecular weight is 410 g/mol. The second-order valence-corrected chi connectivity index (χ2v) is 7.09. The Morgan fingerprint density at radius 1 is 1.03 bits per heavy atom. The lowest BCUT2D eigenvalue weighted by Crippen LogP contribution is -2.32. The fourth-order valence-corrected chi connectivity index (χ4v) is 3.41. The van der Waals surface area contributed by atoms with Gasteiger partial charge < -0.3 is 18.9 Å². The smallest absolute Gasteiger partial charge is 0.254 e. The molecule has 0 spiro atoms. The van der Waals surface area contributed by atoms with Crippen LogP contribution < -0.4 is 9.47 Å². The number of benzene rings is 2. The number of hydrogen-bond acceptors (Lipinski definition) is 3. The summed E-state index contributed by atoms with van der Waals surface area (Å²) in [4.78, 5) is 15.1. The molecule has 2 aromatic carbocycles. The molecular formula is C24H27FN2O3. The fourth-order valence-electron chi connectivity index (χ4n) is 3.41. The molecule has 0 fully saturated rings. The summed E-state index contributed by atoms with van der Waals surface area (Å²) in [6.07, 6.45) is 2.78. The number of carbonyl (C=O) groups is 1. The van der Waals surface area contributed by atoms with Crippen molar-refractivity contribution in [1.29, 1.82) is 0 Å². The average Bonchev–Trinajstić information content (AvgIpc) is 3.19. The van der Waals surface area contributed by atoms with Crippen molar-refractivity contribution < 1.29 is 18.7 Å². The molecular weight excluding hydrogens is 383 g/mol. The number of nitrogens with zero attached hydrogens (tertiary/aromatic N) is 2. The molecule has 5 nitrogen and oxygen atoms in total. The van der Waals surface area contributed by atoms with Crippen LogP contribution in [0.4, 0.5) is 4.39 Å². The van der Waals surface area contributed by atoms with Crippen molar-refractivity contribution in [3.63, 3.8) is 0 Å². The summed E-state index contributed by atoms with van der Waals surface area (Å²) >= 11 is 0. The highest BCUT2D eigenvalue weighted by atomic mass is 19.1. The molecule has 0 unspecified atom stereocenters. The van der Waals surface area contributed by atoms with Crippen LogP contribution in [0.3, 0.4) is 0 Å². The molecule has 0 bridgehead atoms. The molecule has 0 aliphatic heterocycles.